The van der Waals surface area contributed by atoms with Crippen LogP contribution in [0.3, 0.4) is 0 Å². The maximum Gasteiger partial charge on any atom is 0.260 e. The summed E-state index contributed by atoms with van der Waals surface area (Å²) in [6, 6.07) is 15.1. The van der Waals surface area contributed by atoms with Crippen LogP contribution in [-0.4, -0.2) is 16.6 Å². The molecular weight excluding hydrogens is 266 g/mol. The lowest BCUT2D eigenvalue weighted by Gasteiger charge is -2.02. The van der Waals surface area contributed by atoms with Gasteiger partial charge in [0.1, 0.15) is 0 Å². The Labute approximate surface area is 121 Å². The largest absolute Gasteiger partial charge is 0.334 e. The van der Waals surface area contributed by atoms with Crippen molar-refractivity contribution in [2.75, 3.05) is 5.32 Å². The first-order chi connectivity index (χ1) is 10.3. The Kier molecular flexibility index (Phi) is 3.47. The van der Waals surface area contributed by atoms with Crippen molar-refractivity contribution in [1.29, 1.82) is 0 Å². The topological polar surface area (TPSA) is 68.0 Å². The molecule has 5 nitrogen and oxygen atoms in total. The summed E-state index contributed by atoms with van der Waals surface area (Å²) >= 11 is 0. The van der Waals surface area contributed by atoms with Crippen molar-refractivity contribution in [1.82, 2.24) is 10.1 Å². The Morgan fingerprint density at radius 3 is 2.62 bits per heavy atom. The summed E-state index contributed by atoms with van der Waals surface area (Å²) in [6.07, 6.45) is 0.621. The van der Waals surface area contributed by atoms with Crippen molar-refractivity contribution in [2.24, 2.45) is 0 Å². The van der Waals surface area contributed by atoms with E-state index in [0.717, 1.165) is 5.56 Å². The smallest absolute Gasteiger partial charge is 0.260 e. The molecule has 2 aromatic carbocycles. The molecule has 3 aromatic rings. The van der Waals surface area contributed by atoms with Crippen LogP contribution in [0.1, 0.15) is 5.56 Å². The fourth-order valence-electron chi connectivity index (χ4n) is 2.01. The second kappa shape index (κ2) is 5.58. The Balaban J connectivity index is 1.98. The molecule has 0 aliphatic carbocycles. The summed E-state index contributed by atoms with van der Waals surface area (Å²) in [6.45, 7) is 2.02. The summed E-state index contributed by atoms with van der Waals surface area (Å²) < 4.78 is 5.31. The summed E-state index contributed by atoms with van der Waals surface area (Å²) in [5.41, 5.74) is 3.38. The SMILES string of the molecule is Cc1ccc(-c2noc(-c3ccccc3NC=O)n2)cc1. The molecule has 0 unspecified atom stereocenters. The third kappa shape index (κ3) is 2.67. The number of nitrogens with one attached hydrogen (secondary N) is 1. The monoisotopic (exact) mass is 279 g/mol. The predicted molar refractivity (Wildman–Crippen MR) is 79.6 cm³/mol. The number of para-hydroxylation sites is 1. The molecule has 1 aromatic heterocycles. The van der Waals surface area contributed by atoms with Gasteiger partial charge in [-0.15, -0.1) is 0 Å². The van der Waals surface area contributed by atoms with Crippen LogP contribution in [0.5, 0.6) is 0 Å². The van der Waals surface area contributed by atoms with E-state index >= 15 is 0 Å². The van der Waals surface area contributed by atoms with E-state index < -0.39 is 0 Å². The zero-order valence-electron chi connectivity index (χ0n) is 11.4. The molecule has 0 fully saturated rings. The van der Waals surface area contributed by atoms with Crippen LogP contribution < -0.4 is 5.32 Å². The lowest BCUT2D eigenvalue weighted by atomic mass is 10.1. The van der Waals surface area contributed by atoms with Crippen LogP contribution >= 0.6 is 0 Å². The maximum absolute atomic E-state index is 10.6. The van der Waals surface area contributed by atoms with Crippen molar-refractivity contribution in [3.63, 3.8) is 0 Å². The van der Waals surface area contributed by atoms with E-state index in [2.05, 4.69) is 15.5 Å². The highest BCUT2D eigenvalue weighted by molar-refractivity contribution is 5.82. The van der Waals surface area contributed by atoms with Gasteiger partial charge in [-0.2, -0.15) is 4.98 Å². The first kappa shape index (κ1) is 13.1. The fraction of sp³-hybridized carbons (Fsp3) is 0.0625. The number of carbonyl (C=O) groups excluding carboxylic acids is 1. The number of carbonyl (C=O) groups is 1. The van der Waals surface area contributed by atoms with Gasteiger partial charge in [0.15, 0.2) is 0 Å². The van der Waals surface area contributed by atoms with E-state index in [-0.39, 0.29) is 0 Å². The molecule has 0 spiro atoms. The molecule has 3 rings (SSSR count). The molecule has 104 valence electrons. The molecule has 0 saturated heterocycles. The number of hydrogen-bond donors (Lipinski definition) is 1. The van der Waals surface area contributed by atoms with Crippen molar-refractivity contribution >= 4 is 12.1 Å². The normalized spacial score (nSPS) is 10.3. The predicted octanol–water partition coefficient (Wildman–Crippen LogP) is 3.28. The van der Waals surface area contributed by atoms with Gasteiger partial charge in [-0.05, 0) is 19.1 Å². The van der Waals surface area contributed by atoms with Crippen LogP contribution in [0.25, 0.3) is 22.8 Å². The second-order valence-electron chi connectivity index (χ2n) is 4.60. The zero-order valence-corrected chi connectivity index (χ0v) is 11.4. The van der Waals surface area contributed by atoms with Crippen LogP contribution in [-0.2, 0) is 4.79 Å². The average molecular weight is 279 g/mol. The third-order valence-electron chi connectivity index (χ3n) is 3.11. The van der Waals surface area contributed by atoms with Crippen molar-refractivity contribution < 1.29 is 9.32 Å². The first-order valence-electron chi connectivity index (χ1n) is 6.48. The number of rotatable bonds is 4. The van der Waals surface area contributed by atoms with Crippen LogP contribution in [0, 0.1) is 6.92 Å². The number of benzene rings is 2. The van der Waals surface area contributed by atoms with Gasteiger partial charge in [0, 0.05) is 5.56 Å². The van der Waals surface area contributed by atoms with Gasteiger partial charge in [0.2, 0.25) is 12.2 Å². The van der Waals surface area contributed by atoms with E-state index in [9.17, 15) is 4.79 Å². The van der Waals surface area contributed by atoms with E-state index in [1.165, 1.54) is 5.56 Å². The zero-order chi connectivity index (χ0) is 14.7. The third-order valence-corrected chi connectivity index (χ3v) is 3.11. The molecule has 0 aliphatic rings. The van der Waals surface area contributed by atoms with Gasteiger partial charge in [0.05, 0.1) is 11.3 Å². The highest BCUT2D eigenvalue weighted by Gasteiger charge is 2.13. The van der Waals surface area contributed by atoms with Crippen molar-refractivity contribution in [2.45, 2.75) is 6.92 Å². The lowest BCUT2D eigenvalue weighted by Crippen LogP contribution is -1.96. The van der Waals surface area contributed by atoms with Gasteiger partial charge in [-0.3, -0.25) is 4.79 Å². The Hall–Kier alpha value is -2.95. The number of hydrogen-bond acceptors (Lipinski definition) is 4. The minimum Gasteiger partial charge on any atom is -0.334 e. The minimum absolute atomic E-state index is 0.371. The molecule has 0 saturated carbocycles. The summed E-state index contributed by atoms with van der Waals surface area (Å²) in [5.74, 6) is 0.890. The molecule has 0 atom stereocenters. The first-order valence-corrected chi connectivity index (χ1v) is 6.48. The second-order valence-corrected chi connectivity index (χ2v) is 4.60. The standard InChI is InChI=1S/C16H13N3O2/c1-11-6-8-12(9-7-11)15-18-16(21-19-15)13-4-2-3-5-14(13)17-10-20/h2-10H,1H3,(H,17,20). The van der Waals surface area contributed by atoms with Gasteiger partial charge < -0.3 is 9.84 Å². The van der Waals surface area contributed by atoms with E-state index in [4.69, 9.17) is 4.52 Å². The maximum atomic E-state index is 10.6. The van der Waals surface area contributed by atoms with Crippen molar-refractivity contribution in [3.8, 4) is 22.8 Å². The van der Waals surface area contributed by atoms with Gasteiger partial charge in [0.25, 0.3) is 5.89 Å². The Bertz CT molecular complexity index is 763. The summed E-state index contributed by atoms with van der Waals surface area (Å²) in [4.78, 5) is 15.0. The van der Waals surface area contributed by atoms with Gasteiger partial charge in [-0.25, -0.2) is 0 Å². The Morgan fingerprint density at radius 1 is 1.10 bits per heavy atom. The van der Waals surface area contributed by atoms with Crippen molar-refractivity contribution in [3.05, 3.63) is 54.1 Å². The highest BCUT2D eigenvalue weighted by Crippen LogP contribution is 2.28. The highest BCUT2D eigenvalue weighted by atomic mass is 16.5. The fourth-order valence-corrected chi connectivity index (χ4v) is 2.01. The van der Waals surface area contributed by atoms with E-state index in [1.807, 2.05) is 49.4 Å². The number of aromatic nitrogens is 2. The Morgan fingerprint density at radius 2 is 1.86 bits per heavy atom. The molecule has 1 amide bonds. The molecule has 0 bridgehead atoms. The minimum atomic E-state index is 0.371. The number of amides is 1. The number of anilines is 1. The molecular formula is C16H13N3O2. The molecule has 0 radical (unpaired) electrons. The molecule has 0 aliphatic heterocycles. The van der Waals surface area contributed by atoms with Crippen LogP contribution in [0.15, 0.2) is 53.1 Å². The number of nitrogens with zero attached hydrogens (tertiary/aromatic N) is 2. The molecule has 21 heavy (non-hydrogen) atoms. The lowest BCUT2D eigenvalue weighted by molar-refractivity contribution is -0.105. The van der Waals surface area contributed by atoms with Crippen LogP contribution in [0.4, 0.5) is 5.69 Å². The van der Waals surface area contributed by atoms with E-state index in [1.54, 1.807) is 6.07 Å². The quantitative estimate of drug-likeness (QED) is 0.744. The summed E-state index contributed by atoms with van der Waals surface area (Å²) in [7, 11) is 0. The summed E-state index contributed by atoms with van der Waals surface area (Å²) in [5, 5.41) is 6.61. The van der Waals surface area contributed by atoms with Crippen LogP contribution in [0.2, 0.25) is 0 Å². The van der Waals surface area contributed by atoms with E-state index in [0.29, 0.717) is 29.4 Å². The molecule has 5 heteroatoms. The average Bonchev–Trinajstić information content (AvgIpc) is 2.99. The van der Waals surface area contributed by atoms with Gasteiger partial charge in [-0.1, -0.05) is 47.1 Å². The number of aryl methyl sites for hydroxylation is 1. The molecule has 1 N–H and O–H groups in total. The van der Waals surface area contributed by atoms with Gasteiger partial charge >= 0.3 is 0 Å². The molecule has 1 heterocycles.